The Kier molecular flexibility index (Phi) is 8.87. The Morgan fingerprint density at radius 3 is 2.45 bits per heavy atom. The largest absolute Gasteiger partial charge is 0.493 e. The van der Waals surface area contributed by atoms with Crippen LogP contribution in [0.15, 0.2) is 60.7 Å². The Balaban J connectivity index is 1.71. The van der Waals surface area contributed by atoms with Gasteiger partial charge >= 0.3 is 0 Å². The SMILES string of the molecule is COc1cccc(CNc2cccc(NC(=O)CC(C)C)c2)c1OCc1ccc(Cl)cc1Cl. The third-order valence-electron chi connectivity index (χ3n) is 4.89. The lowest BCUT2D eigenvalue weighted by atomic mass is 10.1. The summed E-state index contributed by atoms with van der Waals surface area (Å²) in [6.07, 6.45) is 0.486. The lowest BCUT2D eigenvalue weighted by Crippen LogP contribution is -2.14. The van der Waals surface area contributed by atoms with Crippen LogP contribution in [0.5, 0.6) is 11.5 Å². The van der Waals surface area contributed by atoms with Crippen molar-refractivity contribution < 1.29 is 14.3 Å². The van der Waals surface area contributed by atoms with Gasteiger partial charge in [0.15, 0.2) is 11.5 Å². The van der Waals surface area contributed by atoms with E-state index in [4.69, 9.17) is 32.7 Å². The van der Waals surface area contributed by atoms with Crippen LogP contribution in [0.2, 0.25) is 10.0 Å². The van der Waals surface area contributed by atoms with E-state index >= 15 is 0 Å². The highest BCUT2D eigenvalue weighted by atomic mass is 35.5. The minimum atomic E-state index is 0.00601. The van der Waals surface area contributed by atoms with E-state index in [1.54, 1.807) is 19.2 Å². The van der Waals surface area contributed by atoms with Crippen LogP contribution in [0, 0.1) is 5.92 Å². The first kappa shape index (κ1) is 24.7. The van der Waals surface area contributed by atoms with E-state index in [0.717, 1.165) is 22.5 Å². The van der Waals surface area contributed by atoms with E-state index in [1.807, 2.05) is 62.4 Å². The molecule has 0 saturated heterocycles. The summed E-state index contributed by atoms with van der Waals surface area (Å²) in [6.45, 7) is 4.82. The molecule has 3 aromatic rings. The van der Waals surface area contributed by atoms with Gasteiger partial charge in [0.25, 0.3) is 0 Å². The predicted octanol–water partition coefficient (Wildman–Crippen LogP) is 7.18. The van der Waals surface area contributed by atoms with Gasteiger partial charge in [-0.25, -0.2) is 0 Å². The topological polar surface area (TPSA) is 59.6 Å². The molecule has 7 heteroatoms. The summed E-state index contributed by atoms with van der Waals surface area (Å²) in [6, 6.07) is 18.7. The van der Waals surface area contributed by atoms with Crippen molar-refractivity contribution >= 4 is 40.5 Å². The third kappa shape index (κ3) is 7.31. The maximum atomic E-state index is 12.1. The van der Waals surface area contributed by atoms with E-state index < -0.39 is 0 Å². The highest BCUT2D eigenvalue weighted by Crippen LogP contribution is 2.33. The molecule has 0 heterocycles. The van der Waals surface area contributed by atoms with Crippen molar-refractivity contribution in [2.45, 2.75) is 33.4 Å². The van der Waals surface area contributed by atoms with Gasteiger partial charge in [-0.05, 0) is 42.3 Å². The number of anilines is 2. The molecule has 0 aliphatic carbocycles. The number of nitrogens with one attached hydrogen (secondary N) is 2. The summed E-state index contributed by atoms with van der Waals surface area (Å²) in [4.78, 5) is 12.1. The Morgan fingerprint density at radius 1 is 0.970 bits per heavy atom. The van der Waals surface area contributed by atoms with E-state index in [0.29, 0.717) is 40.4 Å². The number of carbonyl (C=O) groups is 1. The van der Waals surface area contributed by atoms with Crippen LogP contribution in [0.3, 0.4) is 0 Å². The highest BCUT2D eigenvalue weighted by Gasteiger charge is 2.13. The van der Waals surface area contributed by atoms with Crippen molar-refractivity contribution in [2.24, 2.45) is 5.92 Å². The van der Waals surface area contributed by atoms with E-state index in [-0.39, 0.29) is 12.5 Å². The number of halogens is 2. The average Bonchev–Trinajstić information content (AvgIpc) is 2.77. The van der Waals surface area contributed by atoms with Crippen molar-refractivity contribution in [3.8, 4) is 11.5 Å². The lowest BCUT2D eigenvalue weighted by Gasteiger charge is -2.17. The van der Waals surface area contributed by atoms with Crippen molar-refractivity contribution in [1.29, 1.82) is 0 Å². The lowest BCUT2D eigenvalue weighted by molar-refractivity contribution is -0.116. The first-order chi connectivity index (χ1) is 15.9. The molecule has 0 aliphatic rings. The van der Waals surface area contributed by atoms with Crippen molar-refractivity contribution in [3.05, 3.63) is 81.8 Å². The van der Waals surface area contributed by atoms with Crippen LogP contribution >= 0.6 is 23.2 Å². The molecule has 0 aliphatic heterocycles. The van der Waals surface area contributed by atoms with Crippen molar-refractivity contribution in [2.75, 3.05) is 17.7 Å². The number of ether oxygens (including phenoxy) is 2. The molecule has 33 heavy (non-hydrogen) atoms. The van der Waals surface area contributed by atoms with Crippen molar-refractivity contribution in [1.82, 2.24) is 0 Å². The molecule has 0 atom stereocenters. The van der Waals surface area contributed by atoms with Gasteiger partial charge in [-0.3, -0.25) is 4.79 Å². The number of para-hydroxylation sites is 1. The second kappa shape index (κ2) is 11.8. The fourth-order valence-electron chi connectivity index (χ4n) is 3.30. The summed E-state index contributed by atoms with van der Waals surface area (Å²) >= 11 is 12.3. The molecule has 3 rings (SSSR count). The van der Waals surface area contributed by atoms with Crippen LogP contribution < -0.4 is 20.1 Å². The van der Waals surface area contributed by atoms with Crippen LogP contribution in [0.4, 0.5) is 11.4 Å². The fourth-order valence-corrected chi connectivity index (χ4v) is 3.76. The van der Waals surface area contributed by atoms with Crippen LogP contribution in [0.1, 0.15) is 31.4 Å². The smallest absolute Gasteiger partial charge is 0.224 e. The van der Waals surface area contributed by atoms with Gasteiger partial charge in [-0.2, -0.15) is 0 Å². The number of hydrogen-bond donors (Lipinski definition) is 2. The number of hydrogen-bond acceptors (Lipinski definition) is 4. The molecule has 5 nitrogen and oxygen atoms in total. The molecule has 174 valence electrons. The quantitative estimate of drug-likeness (QED) is 0.318. The Bertz CT molecular complexity index is 1100. The molecule has 0 radical (unpaired) electrons. The number of rotatable bonds is 10. The summed E-state index contributed by atoms with van der Waals surface area (Å²) in [7, 11) is 1.61. The van der Waals surface area contributed by atoms with Crippen LogP contribution in [-0.2, 0) is 17.9 Å². The molecule has 3 aromatic carbocycles. The minimum absolute atomic E-state index is 0.00601. The minimum Gasteiger partial charge on any atom is -0.493 e. The molecule has 0 saturated carbocycles. The highest BCUT2D eigenvalue weighted by molar-refractivity contribution is 6.35. The predicted molar refractivity (Wildman–Crippen MR) is 136 cm³/mol. The van der Waals surface area contributed by atoms with Gasteiger partial charge in [0.2, 0.25) is 5.91 Å². The molecule has 2 N–H and O–H groups in total. The number of amides is 1. The Morgan fingerprint density at radius 2 is 1.73 bits per heavy atom. The van der Waals surface area contributed by atoms with Gasteiger partial charge in [0.05, 0.1) is 7.11 Å². The first-order valence-electron chi connectivity index (χ1n) is 10.7. The van der Waals surface area contributed by atoms with Gasteiger partial charge in [-0.1, -0.05) is 61.3 Å². The third-order valence-corrected chi connectivity index (χ3v) is 5.48. The Labute approximate surface area is 205 Å². The normalized spacial score (nSPS) is 10.7. The number of methoxy groups -OCH3 is 1. The summed E-state index contributed by atoms with van der Waals surface area (Å²) in [5.74, 6) is 1.58. The summed E-state index contributed by atoms with van der Waals surface area (Å²) in [5.41, 5.74) is 3.39. The molecular weight excluding hydrogens is 459 g/mol. The van der Waals surface area contributed by atoms with Gasteiger partial charge in [0, 0.05) is 45.5 Å². The second-order valence-corrected chi connectivity index (χ2v) is 8.90. The Hall–Kier alpha value is -2.89. The molecule has 0 bridgehead atoms. The van der Waals surface area contributed by atoms with E-state index in [9.17, 15) is 4.79 Å². The van der Waals surface area contributed by atoms with E-state index in [2.05, 4.69) is 10.6 Å². The molecule has 0 spiro atoms. The molecular formula is C26H28Cl2N2O3. The zero-order valence-corrected chi connectivity index (χ0v) is 20.5. The second-order valence-electron chi connectivity index (χ2n) is 8.05. The average molecular weight is 487 g/mol. The molecule has 0 aromatic heterocycles. The number of carbonyl (C=O) groups excluding carboxylic acids is 1. The molecule has 0 unspecified atom stereocenters. The maximum absolute atomic E-state index is 12.1. The zero-order valence-electron chi connectivity index (χ0n) is 19.0. The van der Waals surface area contributed by atoms with Crippen molar-refractivity contribution in [3.63, 3.8) is 0 Å². The van der Waals surface area contributed by atoms with E-state index in [1.165, 1.54) is 0 Å². The van der Waals surface area contributed by atoms with Gasteiger partial charge in [-0.15, -0.1) is 0 Å². The fraction of sp³-hybridized carbons (Fsp3) is 0.269. The molecule has 1 amide bonds. The number of benzene rings is 3. The first-order valence-corrected chi connectivity index (χ1v) is 11.5. The standard InChI is InChI=1S/C26H28Cl2N2O3/c1-17(2)12-25(31)30-22-8-5-7-21(14-22)29-15-18-6-4-9-24(32-3)26(18)33-16-19-10-11-20(27)13-23(19)28/h4-11,13-14,17,29H,12,15-16H2,1-3H3,(H,30,31). The van der Waals surface area contributed by atoms with Gasteiger partial charge < -0.3 is 20.1 Å². The summed E-state index contributed by atoms with van der Waals surface area (Å²) < 4.78 is 11.6. The summed E-state index contributed by atoms with van der Waals surface area (Å²) in [5, 5.41) is 7.46. The van der Waals surface area contributed by atoms with Crippen LogP contribution in [-0.4, -0.2) is 13.0 Å². The zero-order chi connectivity index (χ0) is 23.8. The maximum Gasteiger partial charge on any atom is 0.224 e. The molecule has 0 fully saturated rings. The van der Waals surface area contributed by atoms with Crippen LogP contribution in [0.25, 0.3) is 0 Å². The van der Waals surface area contributed by atoms with Gasteiger partial charge in [0.1, 0.15) is 6.61 Å². The monoisotopic (exact) mass is 486 g/mol.